The number of carbonyl (C=O) groups is 1. The summed E-state index contributed by atoms with van der Waals surface area (Å²) in [5.41, 5.74) is 7.74. The second-order valence-corrected chi connectivity index (χ2v) is 7.15. The number of nitrogens with one attached hydrogen (secondary N) is 1. The molecule has 8 heteroatoms. The first-order chi connectivity index (χ1) is 11.7. The molecule has 7 nitrogen and oxygen atoms in total. The highest BCUT2D eigenvalue weighted by Gasteiger charge is 2.17. The van der Waals surface area contributed by atoms with Crippen LogP contribution in [0, 0.1) is 0 Å². The standard InChI is InChI=1S/C17H25ClN4O3/c1-17(2,3)25-16(23)20-6-5-11-12-10-22(7-8-24-4)21-14(12)9-13(18)15(11)19/h9-10H,5-8,19H2,1-4H3,(H,20,23). The number of ether oxygens (including phenoxy) is 2. The second kappa shape index (κ2) is 7.93. The number of anilines is 1. The molecular formula is C17H25ClN4O3. The van der Waals surface area contributed by atoms with Crippen LogP contribution in [0.3, 0.4) is 0 Å². The van der Waals surface area contributed by atoms with Crippen molar-refractivity contribution < 1.29 is 14.3 Å². The predicted octanol–water partition coefficient (Wildman–Crippen LogP) is 2.99. The first-order valence-corrected chi connectivity index (χ1v) is 8.49. The van der Waals surface area contributed by atoms with E-state index in [0.717, 1.165) is 16.5 Å². The average molecular weight is 369 g/mol. The van der Waals surface area contributed by atoms with Crippen molar-refractivity contribution in [2.24, 2.45) is 0 Å². The van der Waals surface area contributed by atoms with Crippen LogP contribution < -0.4 is 11.1 Å². The zero-order chi connectivity index (χ0) is 18.6. The van der Waals surface area contributed by atoms with Gasteiger partial charge in [-0.1, -0.05) is 11.6 Å². The number of nitrogen functional groups attached to an aromatic ring is 1. The van der Waals surface area contributed by atoms with Gasteiger partial charge < -0.3 is 20.5 Å². The number of rotatable bonds is 6. The Hall–Kier alpha value is -1.99. The molecule has 0 saturated heterocycles. The maximum Gasteiger partial charge on any atom is 0.407 e. The van der Waals surface area contributed by atoms with Gasteiger partial charge in [-0.15, -0.1) is 0 Å². The van der Waals surface area contributed by atoms with E-state index in [2.05, 4.69) is 10.4 Å². The van der Waals surface area contributed by atoms with E-state index in [0.29, 0.717) is 36.8 Å². The lowest BCUT2D eigenvalue weighted by atomic mass is 10.1. The third-order valence-electron chi connectivity index (χ3n) is 3.53. The fourth-order valence-corrected chi connectivity index (χ4v) is 2.65. The number of alkyl carbamates (subject to hydrolysis) is 1. The number of nitrogens with zero attached hydrogens (tertiary/aromatic N) is 2. The number of halogens is 1. The summed E-state index contributed by atoms with van der Waals surface area (Å²) in [6, 6.07) is 1.75. The van der Waals surface area contributed by atoms with Crippen LogP contribution in [0.2, 0.25) is 5.02 Å². The Labute approximate surface area is 152 Å². The Bertz CT molecular complexity index is 752. The normalized spacial score (nSPS) is 11.7. The molecule has 0 aliphatic heterocycles. The summed E-state index contributed by atoms with van der Waals surface area (Å²) in [6.07, 6.45) is 1.99. The SMILES string of the molecule is COCCn1cc2c(CCNC(=O)OC(C)(C)C)c(N)c(Cl)cc2n1. The van der Waals surface area contributed by atoms with Crippen molar-refractivity contribution in [3.05, 3.63) is 22.8 Å². The number of carbonyl (C=O) groups excluding carboxylic acids is 1. The van der Waals surface area contributed by atoms with Crippen LogP contribution in [-0.2, 0) is 22.4 Å². The highest BCUT2D eigenvalue weighted by molar-refractivity contribution is 6.34. The molecule has 0 aliphatic rings. The highest BCUT2D eigenvalue weighted by atomic mass is 35.5. The van der Waals surface area contributed by atoms with Gasteiger partial charge >= 0.3 is 6.09 Å². The molecule has 1 aromatic heterocycles. The number of methoxy groups -OCH3 is 1. The number of hydrogen-bond donors (Lipinski definition) is 2. The van der Waals surface area contributed by atoms with Gasteiger partial charge in [0.25, 0.3) is 0 Å². The Balaban J connectivity index is 2.14. The maximum absolute atomic E-state index is 11.8. The third kappa shape index (κ3) is 5.24. The molecule has 1 amide bonds. The van der Waals surface area contributed by atoms with Gasteiger partial charge in [-0.2, -0.15) is 5.10 Å². The van der Waals surface area contributed by atoms with Crippen LogP contribution in [0.25, 0.3) is 10.9 Å². The predicted molar refractivity (Wildman–Crippen MR) is 99.0 cm³/mol. The van der Waals surface area contributed by atoms with E-state index in [1.165, 1.54) is 0 Å². The van der Waals surface area contributed by atoms with Crippen LogP contribution in [0.5, 0.6) is 0 Å². The molecule has 0 aliphatic carbocycles. The minimum Gasteiger partial charge on any atom is -0.444 e. The van der Waals surface area contributed by atoms with Gasteiger partial charge in [0.1, 0.15) is 5.60 Å². The Morgan fingerprint density at radius 2 is 2.16 bits per heavy atom. The lowest BCUT2D eigenvalue weighted by Crippen LogP contribution is -2.33. The molecule has 0 spiro atoms. The lowest BCUT2D eigenvalue weighted by Gasteiger charge is -2.19. The minimum atomic E-state index is -0.533. The maximum atomic E-state index is 11.8. The first kappa shape index (κ1) is 19.3. The molecule has 138 valence electrons. The smallest absolute Gasteiger partial charge is 0.407 e. The molecule has 0 atom stereocenters. The Kier molecular flexibility index (Phi) is 6.13. The van der Waals surface area contributed by atoms with Crippen molar-refractivity contribution in [2.75, 3.05) is 26.0 Å². The number of nitrogens with two attached hydrogens (primary N) is 1. The molecule has 0 fully saturated rings. The van der Waals surface area contributed by atoms with Crippen molar-refractivity contribution in [1.82, 2.24) is 15.1 Å². The summed E-state index contributed by atoms with van der Waals surface area (Å²) in [5.74, 6) is 0. The molecule has 1 aromatic carbocycles. The van der Waals surface area contributed by atoms with Crippen molar-refractivity contribution in [1.29, 1.82) is 0 Å². The van der Waals surface area contributed by atoms with E-state index in [1.807, 2.05) is 27.0 Å². The number of hydrogen-bond acceptors (Lipinski definition) is 5. The fraction of sp³-hybridized carbons (Fsp3) is 0.529. The van der Waals surface area contributed by atoms with Crippen LogP contribution in [0.1, 0.15) is 26.3 Å². The van der Waals surface area contributed by atoms with E-state index < -0.39 is 11.7 Å². The fourth-order valence-electron chi connectivity index (χ4n) is 2.43. The second-order valence-electron chi connectivity index (χ2n) is 6.75. The Morgan fingerprint density at radius 3 is 2.80 bits per heavy atom. The third-order valence-corrected chi connectivity index (χ3v) is 3.84. The first-order valence-electron chi connectivity index (χ1n) is 8.11. The van der Waals surface area contributed by atoms with Gasteiger partial charge in [0, 0.05) is 25.2 Å². The zero-order valence-corrected chi connectivity index (χ0v) is 15.8. The van der Waals surface area contributed by atoms with E-state index in [-0.39, 0.29) is 0 Å². The summed E-state index contributed by atoms with van der Waals surface area (Å²) >= 11 is 6.22. The van der Waals surface area contributed by atoms with Crippen LogP contribution in [0.4, 0.5) is 10.5 Å². The van der Waals surface area contributed by atoms with Gasteiger partial charge in [0.15, 0.2) is 0 Å². The van der Waals surface area contributed by atoms with Gasteiger partial charge in [0.2, 0.25) is 0 Å². The van der Waals surface area contributed by atoms with Crippen molar-refractivity contribution in [3.8, 4) is 0 Å². The molecule has 0 bridgehead atoms. The van der Waals surface area contributed by atoms with E-state index in [1.54, 1.807) is 17.9 Å². The molecular weight excluding hydrogens is 344 g/mol. The number of fused-ring (bicyclic) bond motifs is 1. The van der Waals surface area contributed by atoms with Crippen LogP contribution in [0.15, 0.2) is 12.3 Å². The van der Waals surface area contributed by atoms with E-state index >= 15 is 0 Å². The van der Waals surface area contributed by atoms with E-state index in [4.69, 9.17) is 26.8 Å². The zero-order valence-electron chi connectivity index (χ0n) is 15.1. The monoisotopic (exact) mass is 368 g/mol. The molecule has 2 aromatic rings. The largest absolute Gasteiger partial charge is 0.444 e. The van der Waals surface area contributed by atoms with E-state index in [9.17, 15) is 4.79 Å². The molecule has 2 rings (SSSR count). The average Bonchev–Trinajstić information content (AvgIpc) is 2.89. The summed E-state index contributed by atoms with van der Waals surface area (Å²) in [4.78, 5) is 11.8. The molecule has 0 radical (unpaired) electrons. The number of amides is 1. The topological polar surface area (TPSA) is 91.4 Å². The number of aromatic nitrogens is 2. The van der Waals surface area contributed by atoms with Gasteiger partial charge in [0.05, 0.1) is 29.4 Å². The van der Waals surface area contributed by atoms with Gasteiger partial charge in [-0.3, -0.25) is 4.68 Å². The quantitative estimate of drug-likeness (QED) is 0.765. The van der Waals surface area contributed by atoms with Crippen molar-refractivity contribution >= 4 is 34.3 Å². The molecule has 1 heterocycles. The van der Waals surface area contributed by atoms with Gasteiger partial charge in [-0.25, -0.2) is 4.79 Å². The van der Waals surface area contributed by atoms with Crippen LogP contribution >= 0.6 is 11.6 Å². The summed E-state index contributed by atoms with van der Waals surface area (Å²) in [6.45, 7) is 7.04. The summed E-state index contributed by atoms with van der Waals surface area (Å²) in [5, 5.41) is 8.60. The number of benzene rings is 1. The van der Waals surface area contributed by atoms with Gasteiger partial charge in [-0.05, 0) is 38.8 Å². The lowest BCUT2D eigenvalue weighted by molar-refractivity contribution is 0.0528. The molecule has 3 N–H and O–H groups in total. The summed E-state index contributed by atoms with van der Waals surface area (Å²) < 4.78 is 12.1. The summed E-state index contributed by atoms with van der Waals surface area (Å²) in [7, 11) is 1.64. The van der Waals surface area contributed by atoms with Crippen molar-refractivity contribution in [2.45, 2.75) is 39.3 Å². The molecule has 0 saturated carbocycles. The molecule has 25 heavy (non-hydrogen) atoms. The molecule has 0 unspecified atom stereocenters. The minimum absolute atomic E-state index is 0.387. The van der Waals surface area contributed by atoms with Crippen LogP contribution in [-0.4, -0.2) is 41.7 Å². The highest BCUT2D eigenvalue weighted by Crippen LogP contribution is 2.31. The Morgan fingerprint density at radius 1 is 1.44 bits per heavy atom. The van der Waals surface area contributed by atoms with Crippen molar-refractivity contribution in [3.63, 3.8) is 0 Å².